The number of hydrogen-bond donors (Lipinski definition) is 0. The van der Waals surface area contributed by atoms with Crippen molar-refractivity contribution >= 4 is 10.9 Å². The highest BCUT2D eigenvalue weighted by Gasteiger charge is 2.33. The van der Waals surface area contributed by atoms with Crippen LogP contribution in [0.5, 0.6) is 0 Å². The second-order valence-corrected chi connectivity index (χ2v) is 6.93. The molecule has 1 radical (unpaired) electrons. The van der Waals surface area contributed by atoms with E-state index in [-0.39, 0.29) is 0 Å². The summed E-state index contributed by atoms with van der Waals surface area (Å²) in [6.07, 6.45) is 4.92. The molecule has 0 saturated heterocycles. The van der Waals surface area contributed by atoms with Crippen molar-refractivity contribution in [2.75, 3.05) is 14.1 Å². The average Bonchev–Trinajstić information content (AvgIpc) is 2.86. The van der Waals surface area contributed by atoms with Gasteiger partial charge in [0.25, 0.3) is 0 Å². The van der Waals surface area contributed by atoms with Crippen molar-refractivity contribution in [3.8, 4) is 0 Å². The highest BCUT2D eigenvalue weighted by molar-refractivity contribution is 5.84. The third-order valence-electron chi connectivity index (χ3n) is 5.24. The molecule has 1 aliphatic carbocycles. The van der Waals surface area contributed by atoms with E-state index in [9.17, 15) is 0 Å². The van der Waals surface area contributed by atoms with Gasteiger partial charge in [0.1, 0.15) is 0 Å². The van der Waals surface area contributed by atoms with Gasteiger partial charge in [0, 0.05) is 29.7 Å². The van der Waals surface area contributed by atoms with Crippen molar-refractivity contribution in [1.29, 1.82) is 0 Å². The van der Waals surface area contributed by atoms with Crippen molar-refractivity contribution in [2.45, 2.75) is 31.3 Å². The van der Waals surface area contributed by atoms with Gasteiger partial charge in [-0.25, -0.2) is 0 Å². The largest absolute Gasteiger partial charge is 0.343 e. The van der Waals surface area contributed by atoms with Gasteiger partial charge < -0.3 is 9.47 Å². The quantitative estimate of drug-likeness (QED) is 0.698. The molecule has 0 atom stereocenters. The highest BCUT2D eigenvalue weighted by atomic mass is 15.1. The Kier molecular flexibility index (Phi) is 3.70. The van der Waals surface area contributed by atoms with Crippen LogP contribution in [0.4, 0.5) is 0 Å². The molecule has 3 aromatic rings. The Morgan fingerprint density at radius 2 is 1.91 bits per heavy atom. The molecule has 0 aliphatic heterocycles. The predicted molar refractivity (Wildman–Crippen MR) is 95.8 cm³/mol. The summed E-state index contributed by atoms with van der Waals surface area (Å²) in [4.78, 5) is 2.35. The van der Waals surface area contributed by atoms with Gasteiger partial charge in [0.15, 0.2) is 0 Å². The van der Waals surface area contributed by atoms with Gasteiger partial charge in [-0.1, -0.05) is 36.4 Å². The van der Waals surface area contributed by atoms with Crippen molar-refractivity contribution in [3.63, 3.8) is 0 Å². The van der Waals surface area contributed by atoms with E-state index >= 15 is 0 Å². The van der Waals surface area contributed by atoms with E-state index in [4.69, 9.17) is 0 Å². The maximum absolute atomic E-state index is 3.27. The van der Waals surface area contributed by atoms with Gasteiger partial charge >= 0.3 is 0 Å². The maximum atomic E-state index is 3.27. The first-order chi connectivity index (χ1) is 11.2. The summed E-state index contributed by atoms with van der Waals surface area (Å²) in [6, 6.07) is 21.1. The average molecular weight is 303 g/mol. The Morgan fingerprint density at radius 1 is 1.13 bits per heavy atom. The standard InChI is InChI=1S/C21H23N2/c1-22(2)18-12-17(13-18)20-15-23(14-16-8-4-3-5-9-16)21-11-7-6-10-19(20)21/h3-5,7-11,15,17-18H,12-14H2,1-2H3. The minimum Gasteiger partial charge on any atom is -0.343 e. The molecule has 0 unspecified atom stereocenters. The summed E-state index contributed by atoms with van der Waals surface area (Å²) in [5, 5.41) is 1.38. The van der Waals surface area contributed by atoms with E-state index in [1.165, 1.54) is 34.9 Å². The molecular formula is C21H23N2. The van der Waals surface area contributed by atoms with Gasteiger partial charge in [-0.3, -0.25) is 0 Å². The molecule has 1 saturated carbocycles. The van der Waals surface area contributed by atoms with Crippen LogP contribution in [0.3, 0.4) is 0 Å². The van der Waals surface area contributed by atoms with Gasteiger partial charge in [-0.2, -0.15) is 0 Å². The van der Waals surface area contributed by atoms with Crippen molar-refractivity contribution in [2.24, 2.45) is 0 Å². The zero-order chi connectivity index (χ0) is 15.8. The molecule has 0 bridgehead atoms. The zero-order valence-corrected chi connectivity index (χ0v) is 13.9. The fourth-order valence-corrected chi connectivity index (χ4v) is 3.71. The van der Waals surface area contributed by atoms with Crippen LogP contribution in [0.25, 0.3) is 10.9 Å². The van der Waals surface area contributed by atoms with Gasteiger partial charge in [0.2, 0.25) is 0 Å². The molecule has 117 valence electrons. The third kappa shape index (κ3) is 2.68. The molecule has 1 fully saturated rings. The van der Waals surface area contributed by atoms with Crippen LogP contribution in [-0.2, 0) is 6.54 Å². The molecule has 1 aliphatic rings. The predicted octanol–water partition coefficient (Wildman–Crippen LogP) is 4.30. The van der Waals surface area contributed by atoms with Crippen molar-refractivity contribution < 1.29 is 0 Å². The smallest absolute Gasteiger partial charge is 0.0486 e. The Labute approximate surface area is 138 Å². The minimum atomic E-state index is 0.692. The monoisotopic (exact) mass is 303 g/mol. The van der Waals surface area contributed by atoms with Crippen LogP contribution in [0.2, 0.25) is 0 Å². The van der Waals surface area contributed by atoms with E-state index in [0.717, 1.165) is 12.6 Å². The lowest BCUT2D eigenvalue weighted by molar-refractivity contribution is 0.167. The van der Waals surface area contributed by atoms with Crippen molar-refractivity contribution in [3.05, 3.63) is 71.9 Å². The van der Waals surface area contributed by atoms with Gasteiger partial charge in [0.05, 0.1) is 0 Å². The second kappa shape index (κ2) is 5.86. The molecule has 0 amide bonds. The molecule has 2 aromatic carbocycles. The molecule has 2 nitrogen and oxygen atoms in total. The van der Waals surface area contributed by atoms with Gasteiger partial charge in [-0.05, 0) is 62.2 Å². The first kappa shape index (κ1) is 14.5. The molecule has 23 heavy (non-hydrogen) atoms. The Bertz CT molecular complexity index is 795. The number of benzene rings is 2. The first-order valence-electron chi connectivity index (χ1n) is 8.41. The highest BCUT2D eigenvalue weighted by Crippen LogP contribution is 2.42. The lowest BCUT2D eigenvalue weighted by atomic mass is 9.75. The molecule has 4 rings (SSSR count). The minimum absolute atomic E-state index is 0.692. The van der Waals surface area contributed by atoms with Crippen LogP contribution in [-0.4, -0.2) is 29.6 Å². The lowest BCUT2D eigenvalue weighted by Crippen LogP contribution is -2.39. The SMILES string of the molecule is CN(C)C1CC(c2cn(Cc3ccccc3)c3cc[c]cc23)C1. The summed E-state index contributed by atoms with van der Waals surface area (Å²) < 4.78 is 2.40. The fraction of sp³-hybridized carbons (Fsp3) is 0.333. The summed E-state index contributed by atoms with van der Waals surface area (Å²) in [5.41, 5.74) is 4.19. The van der Waals surface area contributed by atoms with E-state index in [0.29, 0.717) is 5.92 Å². The van der Waals surface area contributed by atoms with Crippen LogP contribution in [0.1, 0.15) is 29.9 Å². The van der Waals surface area contributed by atoms with Gasteiger partial charge in [-0.15, -0.1) is 0 Å². The normalized spacial score (nSPS) is 20.8. The van der Waals surface area contributed by atoms with Crippen LogP contribution < -0.4 is 0 Å². The lowest BCUT2D eigenvalue weighted by Gasteiger charge is -2.39. The number of hydrogen-bond acceptors (Lipinski definition) is 1. The molecule has 0 spiro atoms. The fourth-order valence-electron chi connectivity index (χ4n) is 3.71. The van der Waals surface area contributed by atoms with Crippen LogP contribution >= 0.6 is 0 Å². The summed E-state index contributed by atoms with van der Waals surface area (Å²) in [6.45, 7) is 0.936. The zero-order valence-electron chi connectivity index (χ0n) is 13.9. The number of aromatic nitrogens is 1. The summed E-state index contributed by atoms with van der Waals surface area (Å²) in [5.74, 6) is 0.692. The number of nitrogens with zero attached hydrogens (tertiary/aromatic N) is 2. The Balaban J connectivity index is 1.67. The Morgan fingerprint density at radius 3 is 2.65 bits per heavy atom. The molecule has 1 heterocycles. The van der Waals surface area contributed by atoms with Crippen molar-refractivity contribution in [1.82, 2.24) is 9.47 Å². The van der Waals surface area contributed by atoms with E-state index in [1.807, 2.05) is 6.07 Å². The van der Waals surface area contributed by atoms with Crippen LogP contribution in [0.15, 0.2) is 54.7 Å². The van der Waals surface area contributed by atoms with E-state index in [2.05, 4.69) is 78.3 Å². The summed E-state index contributed by atoms with van der Waals surface area (Å²) >= 11 is 0. The molecule has 1 aromatic heterocycles. The molecule has 2 heteroatoms. The van der Waals surface area contributed by atoms with Crippen LogP contribution in [0, 0.1) is 6.07 Å². The third-order valence-corrected chi connectivity index (χ3v) is 5.24. The topological polar surface area (TPSA) is 8.17 Å². The van der Waals surface area contributed by atoms with E-state index in [1.54, 1.807) is 0 Å². The number of rotatable bonds is 4. The number of fused-ring (bicyclic) bond motifs is 1. The second-order valence-electron chi connectivity index (χ2n) is 6.93. The van der Waals surface area contributed by atoms with E-state index < -0.39 is 0 Å². The molecular weight excluding hydrogens is 280 g/mol. The summed E-state index contributed by atoms with van der Waals surface area (Å²) in [7, 11) is 4.38. The maximum Gasteiger partial charge on any atom is 0.0486 e. The first-order valence-corrected chi connectivity index (χ1v) is 8.41. The molecule has 0 N–H and O–H groups in total. The Hall–Kier alpha value is -2.06.